The minimum absolute atomic E-state index is 0.879. The third-order valence-corrected chi connectivity index (χ3v) is 10.3. The number of aromatic nitrogens is 2. The maximum atomic E-state index is 3.67. The fourth-order valence-corrected chi connectivity index (χ4v) is 9.09. The van der Waals surface area contributed by atoms with Crippen molar-refractivity contribution in [3.63, 3.8) is 0 Å². The smallest absolute Gasteiger partial charge is 0.0919 e. The Kier molecular flexibility index (Phi) is 15.3. The zero-order valence-corrected chi connectivity index (χ0v) is 16.7. The molecule has 1 aromatic heterocycles. The molecule has 1 N–H and O–H groups in total. The molecule has 0 aliphatic carbocycles. The third-order valence-electron chi connectivity index (χ3n) is 4.65. The summed E-state index contributed by atoms with van der Waals surface area (Å²) in [6.07, 6.45) is 23.2. The zero-order chi connectivity index (χ0) is 16.5. The van der Waals surface area contributed by atoms with Crippen LogP contribution in [0.5, 0.6) is 0 Å². The van der Waals surface area contributed by atoms with Gasteiger partial charge in [0.2, 0.25) is 0 Å². The normalized spacial score (nSPS) is 11.8. The molecule has 0 unspecified atom stereocenters. The van der Waals surface area contributed by atoms with Gasteiger partial charge in [-0.3, -0.25) is 0 Å². The van der Waals surface area contributed by atoms with E-state index in [1.807, 2.05) is 0 Å². The maximum Gasteiger partial charge on any atom is 0.0919 e. The summed E-state index contributed by atoms with van der Waals surface area (Å²) in [6, 6.07) is 0. The van der Waals surface area contributed by atoms with Crippen molar-refractivity contribution < 1.29 is 0 Å². The van der Waals surface area contributed by atoms with E-state index in [4.69, 9.17) is 0 Å². The van der Waals surface area contributed by atoms with E-state index in [0.717, 1.165) is 0 Å². The third kappa shape index (κ3) is 11.2. The van der Waals surface area contributed by atoms with Crippen molar-refractivity contribution in [2.75, 3.05) is 24.6 Å². The van der Waals surface area contributed by atoms with Gasteiger partial charge in [-0.05, 0) is 0 Å². The van der Waals surface area contributed by atoms with E-state index < -0.39 is 7.26 Å². The van der Waals surface area contributed by atoms with Crippen LogP contribution in [0, 0.1) is 0 Å². The topological polar surface area (TPSA) is 28.7 Å². The van der Waals surface area contributed by atoms with Crippen LogP contribution in [0.4, 0.5) is 0 Å². The van der Waals surface area contributed by atoms with Gasteiger partial charge in [-0.1, -0.05) is 0 Å². The predicted octanol–water partition coefficient (Wildman–Crippen LogP) is 6.35. The molecule has 1 heterocycles. The molecule has 3 heteroatoms. The average molecular weight is 329 g/mol. The first kappa shape index (κ1) is 21.6. The molecular formula is C19H41N2P. The van der Waals surface area contributed by atoms with E-state index in [-0.39, 0.29) is 0 Å². The molecule has 2 nitrogen and oxygen atoms in total. The van der Waals surface area contributed by atoms with Gasteiger partial charge in [0.25, 0.3) is 0 Å². The Morgan fingerprint density at radius 2 is 1.14 bits per heavy atom. The zero-order valence-electron chi connectivity index (χ0n) is 15.7. The Morgan fingerprint density at radius 3 is 1.32 bits per heavy atom. The Balaban J connectivity index is 0.000000734. The summed E-state index contributed by atoms with van der Waals surface area (Å²) in [5.41, 5.74) is 0. The molecule has 1 aromatic rings. The molecule has 22 heavy (non-hydrogen) atoms. The molecular weight excluding hydrogens is 287 g/mol. The molecule has 0 bridgehead atoms. The van der Waals surface area contributed by atoms with Gasteiger partial charge in [0.15, 0.2) is 0 Å². The number of hydrogen-bond donors (Lipinski definition) is 1. The van der Waals surface area contributed by atoms with E-state index in [0.29, 0.717) is 0 Å². The molecule has 0 saturated carbocycles. The van der Waals surface area contributed by atoms with Crippen LogP contribution in [-0.2, 0) is 0 Å². The second kappa shape index (κ2) is 15.5. The average Bonchev–Trinajstić information content (AvgIpc) is 3.13. The number of unbranched alkanes of at least 4 members (excludes halogenated alkanes) is 4. The van der Waals surface area contributed by atoms with Crippen molar-refractivity contribution in [3.8, 4) is 0 Å². The fraction of sp³-hybridized carbons (Fsp3) is 0.842. The van der Waals surface area contributed by atoms with E-state index >= 15 is 0 Å². The van der Waals surface area contributed by atoms with Crippen LogP contribution in [-0.4, -0.2) is 34.6 Å². The van der Waals surface area contributed by atoms with Gasteiger partial charge in [0.05, 0.1) is 6.33 Å². The standard InChI is InChI=1S/C16H37P.C3H4N2/c1-5-9-13-17(14-10-6-2,15-11-7-3)16-12-8-4;1-2-5-3-4-1/h17H,5-16H2,1-4H3;1-3H,(H,4,5). The molecule has 132 valence electrons. The van der Waals surface area contributed by atoms with Gasteiger partial charge in [-0.2, -0.15) is 0 Å². The summed E-state index contributed by atoms with van der Waals surface area (Å²) in [7, 11) is -0.879. The number of rotatable bonds is 12. The Morgan fingerprint density at radius 1 is 0.727 bits per heavy atom. The molecule has 0 atom stereocenters. The largest absolute Gasteiger partial charge is 0.351 e. The van der Waals surface area contributed by atoms with Crippen LogP contribution in [0.15, 0.2) is 18.7 Å². The van der Waals surface area contributed by atoms with Crippen LogP contribution < -0.4 is 0 Å². The first-order valence-electron chi connectivity index (χ1n) is 9.67. The predicted molar refractivity (Wildman–Crippen MR) is 106 cm³/mol. The van der Waals surface area contributed by atoms with Gasteiger partial charge in [-0.25, -0.2) is 4.98 Å². The Bertz CT molecular complexity index is 244. The van der Waals surface area contributed by atoms with Crippen molar-refractivity contribution >= 4 is 7.26 Å². The number of nitrogens with zero attached hydrogens (tertiary/aromatic N) is 1. The summed E-state index contributed by atoms with van der Waals surface area (Å²) in [6.45, 7) is 9.44. The molecule has 0 amide bonds. The molecule has 0 saturated heterocycles. The number of nitrogens with one attached hydrogen (secondary N) is 1. The number of H-pyrrole nitrogens is 1. The Hall–Kier alpha value is -0.360. The summed E-state index contributed by atoms with van der Waals surface area (Å²) >= 11 is 0. The first-order valence-corrected chi connectivity index (χ1v) is 12.5. The van der Waals surface area contributed by atoms with Crippen LogP contribution in [0.2, 0.25) is 0 Å². The molecule has 0 aromatic carbocycles. The van der Waals surface area contributed by atoms with Crippen LogP contribution in [0.25, 0.3) is 0 Å². The summed E-state index contributed by atoms with van der Waals surface area (Å²) < 4.78 is 0. The molecule has 1 rings (SSSR count). The van der Waals surface area contributed by atoms with Gasteiger partial charge < -0.3 is 4.98 Å². The summed E-state index contributed by atoms with van der Waals surface area (Å²) in [4.78, 5) is 6.42. The van der Waals surface area contributed by atoms with E-state index in [9.17, 15) is 0 Å². The van der Waals surface area contributed by atoms with Crippen molar-refractivity contribution in [2.45, 2.75) is 79.1 Å². The molecule has 0 aliphatic heterocycles. The fourth-order valence-electron chi connectivity index (χ4n) is 3.17. The van der Waals surface area contributed by atoms with Crippen molar-refractivity contribution in [2.24, 2.45) is 0 Å². The van der Waals surface area contributed by atoms with Crippen molar-refractivity contribution in [1.82, 2.24) is 9.97 Å². The van der Waals surface area contributed by atoms with E-state index in [1.54, 1.807) is 43.4 Å². The number of hydrogen-bond acceptors (Lipinski definition) is 1. The van der Waals surface area contributed by atoms with Gasteiger partial charge in [0, 0.05) is 12.4 Å². The molecule has 0 radical (unpaired) electrons. The monoisotopic (exact) mass is 328 g/mol. The molecule has 0 fully saturated rings. The van der Waals surface area contributed by atoms with Crippen LogP contribution in [0.3, 0.4) is 0 Å². The maximum absolute atomic E-state index is 3.67. The van der Waals surface area contributed by atoms with Crippen LogP contribution in [0.1, 0.15) is 79.1 Å². The van der Waals surface area contributed by atoms with Gasteiger partial charge in [-0.15, -0.1) is 0 Å². The number of aromatic amines is 1. The van der Waals surface area contributed by atoms with E-state index in [1.165, 1.54) is 51.4 Å². The van der Waals surface area contributed by atoms with E-state index in [2.05, 4.69) is 37.7 Å². The molecule has 0 aliphatic rings. The second-order valence-electron chi connectivity index (χ2n) is 6.67. The Labute approximate surface area is 140 Å². The van der Waals surface area contributed by atoms with Gasteiger partial charge >= 0.3 is 111 Å². The second-order valence-corrected chi connectivity index (χ2v) is 11.7. The first-order chi connectivity index (χ1) is 10.7. The molecule has 0 spiro atoms. The summed E-state index contributed by atoms with van der Waals surface area (Å²) in [5.74, 6) is 0. The van der Waals surface area contributed by atoms with Gasteiger partial charge in [0.1, 0.15) is 0 Å². The van der Waals surface area contributed by atoms with Crippen molar-refractivity contribution in [1.29, 1.82) is 0 Å². The minimum atomic E-state index is -0.879. The SMILES string of the molecule is CCCC[PH](CCCC)(CCCC)CCCC.c1c[nH]cn1. The van der Waals surface area contributed by atoms with Crippen molar-refractivity contribution in [3.05, 3.63) is 18.7 Å². The number of imidazole rings is 1. The van der Waals surface area contributed by atoms with Crippen LogP contribution >= 0.6 is 7.26 Å². The summed E-state index contributed by atoms with van der Waals surface area (Å²) in [5, 5.41) is 0. The quantitative estimate of drug-likeness (QED) is 0.445. The minimum Gasteiger partial charge on any atom is -0.351 e.